The first kappa shape index (κ1) is 13.8. The second-order valence-electron chi connectivity index (χ2n) is 3.51. The Morgan fingerprint density at radius 2 is 2.00 bits per heavy atom. The first-order chi connectivity index (χ1) is 8.19. The number of rotatable bonds is 6. The number of hydrogen-bond acceptors (Lipinski definition) is 4. The molecule has 0 aromatic carbocycles. The van der Waals surface area contributed by atoms with Gasteiger partial charge in [0.25, 0.3) is 0 Å². The summed E-state index contributed by atoms with van der Waals surface area (Å²) in [4.78, 5) is 23.0. The summed E-state index contributed by atoms with van der Waals surface area (Å²) in [6, 6.07) is 3.46. The fraction of sp³-hybridized carbons (Fsp3) is 0.500. The number of nitrogens with zero attached hydrogens (tertiary/aromatic N) is 1. The Balaban J connectivity index is 2.66. The van der Waals surface area contributed by atoms with Crippen molar-refractivity contribution >= 4 is 22.8 Å². The van der Waals surface area contributed by atoms with E-state index in [0.29, 0.717) is 6.42 Å². The summed E-state index contributed by atoms with van der Waals surface area (Å²) in [5, 5.41) is 0.0904. The maximum atomic E-state index is 11.9. The van der Waals surface area contributed by atoms with Gasteiger partial charge in [0, 0.05) is 18.8 Å². The van der Waals surface area contributed by atoms with Gasteiger partial charge in [0.2, 0.25) is 5.12 Å². The Hall–Kier alpha value is -1.23. The van der Waals surface area contributed by atoms with Crippen molar-refractivity contribution in [2.24, 2.45) is 0 Å². The van der Waals surface area contributed by atoms with Gasteiger partial charge in [0.15, 0.2) is 0 Å². The van der Waals surface area contributed by atoms with E-state index in [1.165, 1.54) is 18.9 Å². The van der Waals surface area contributed by atoms with Crippen LogP contribution in [-0.2, 0) is 14.3 Å². The van der Waals surface area contributed by atoms with Crippen molar-refractivity contribution in [3.05, 3.63) is 24.5 Å². The van der Waals surface area contributed by atoms with E-state index in [-0.39, 0.29) is 23.5 Å². The number of thioether (sulfide) groups is 1. The van der Waals surface area contributed by atoms with Crippen LogP contribution in [0.15, 0.2) is 24.5 Å². The molecule has 1 heterocycles. The summed E-state index contributed by atoms with van der Waals surface area (Å²) in [7, 11) is 1.36. The highest BCUT2D eigenvalue weighted by Crippen LogP contribution is 2.22. The third-order valence-electron chi connectivity index (χ3n) is 2.40. The van der Waals surface area contributed by atoms with Crippen LogP contribution in [0, 0.1) is 0 Å². The van der Waals surface area contributed by atoms with Crippen molar-refractivity contribution in [3.8, 4) is 0 Å². The van der Waals surface area contributed by atoms with Crippen molar-refractivity contribution in [1.29, 1.82) is 0 Å². The van der Waals surface area contributed by atoms with E-state index < -0.39 is 0 Å². The van der Waals surface area contributed by atoms with Crippen LogP contribution in [0.5, 0.6) is 0 Å². The molecule has 0 fully saturated rings. The number of ether oxygens (including phenoxy) is 1. The number of hydrogen-bond donors (Lipinski definition) is 0. The van der Waals surface area contributed by atoms with E-state index >= 15 is 0 Å². The monoisotopic (exact) mass is 255 g/mol. The lowest BCUT2D eigenvalue weighted by Gasteiger charge is -2.16. The van der Waals surface area contributed by atoms with Crippen LogP contribution in [0.25, 0.3) is 0 Å². The zero-order valence-electron chi connectivity index (χ0n) is 10.1. The van der Waals surface area contributed by atoms with Gasteiger partial charge in [-0.15, -0.1) is 0 Å². The number of carbonyl (C=O) groups is 2. The second kappa shape index (κ2) is 7.17. The summed E-state index contributed by atoms with van der Waals surface area (Å²) in [6.07, 6.45) is 4.43. The summed E-state index contributed by atoms with van der Waals surface area (Å²) in [5.41, 5.74) is 0. The van der Waals surface area contributed by atoms with Crippen LogP contribution >= 0.6 is 11.8 Å². The van der Waals surface area contributed by atoms with E-state index in [0.717, 1.165) is 5.75 Å². The fourth-order valence-corrected chi connectivity index (χ4v) is 2.26. The van der Waals surface area contributed by atoms with Crippen LogP contribution in [0.3, 0.4) is 0 Å². The lowest BCUT2D eigenvalue weighted by Crippen LogP contribution is -2.17. The molecule has 1 aromatic rings. The molecule has 0 spiro atoms. The number of aromatic nitrogens is 1. The van der Waals surface area contributed by atoms with Crippen molar-refractivity contribution in [1.82, 2.24) is 4.57 Å². The Morgan fingerprint density at radius 3 is 2.53 bits per heavy atom. The highest BCUT2D eigenvalue weighted by Gasteiger charge is 2.20. The average Bonchev–Trinajstić information content (AvgIpc) is 2.83. The molecule has 5 heteroatoms. The smallest absolute Gasteiger partial charge is 0.305 e. The topological polar surface area (TPSA) is 48.3 Å². The molecule has 17 heavy (non-hydrogen) atoms. The highest BCUT2D eigenvalue weighted by atomic mass is 32.2. The standard InChI is InChI=1S/C12H17NO3S/c1-3-17-12(15)10(6-7-11(14)16-2)13-8-4-5-9-13/h4-5,8-10H,3,6-7H2,1-2H3. The van der Waals surface area contributed by atoms with Gasteiger partial charge in [0.05, 0.1) is 7.11 Å². The second-order valence-corrected chi connectivity index (χ2v) is 4.78. The van der Waals surface area contributed by atoms with Crippen LogP contribution < -0.4 is 0 Å². The maximum Gasteiger partial charge on any atom is 0.305 e. The Morgan fingerprint density at radius 1 is 1.35 bits per heavy atom. The van der Waals surface area contributed by atoms with Crippen molar-refractivity contribution < 1.29 is 14.3 Å². The molecule has 0 aliphatic heterocycles. The molecular formula is C12H17NO3S. The Bertz CT molecular complexity index is 362. The van der Waals surface area contributed by atoms with E-state index in [9.17, 15) is 9.59 Å². The summed E-state index contributed by atoms with van der Waals surface area (Å²) in [6.45, 7) is 1.94. The summed E-state index contributed by atoms with van der Waals surface area (Å²) in [5.74, 6) is 0.464. The first-order valence-electron chi connectivity index (χ1n) is 5.55. The number of esters is 1. The molecule has 1 aromatic heterocycles. The van der Waals surface area contributed by atoms with Gasteiger partial charge >= 0.3 is 5.97 Å². The Labute approximate surface area is 105 Å². The molecule has 0 aliphatic rings. The molecule has 4 nitrogen and oxygen atoms in total. The minimum Gasteiger partial charge on any atom is -0.469 e. The molecule has 1 rings (SSSR count). The van der Waals surface area contributed by atoms with E-state index in [4.69, 9.17) is 0 Å². The molecule has 1 unspecified atom stereocenters. The average molecular weight is 255 g/mol. The van der Waals surface area contributed by atoms with E-state index in [2.05, 4.69) is 4.74 Å². The first-order valence-corrected chi connectivity index (χ1v) is 6.53. The lowest BCUT2D eigenvalue weighted by atomic mass is 10.2. The predicted molar refractivity (Wildman–Crippen MR) is 67.9 cm³/mol. The van der Waals surface area contributed by atoms with Crippen LogP contribution in [0.4, 0.5) is 0 Å². The van der Waals surface area contributed by atoms with Crippen LogP contribution in [-0.4, -0.2) is 28.5 Å². The molecule has 0 radical (unpaired) electrons. The molecule has 0 amide bonds. The zero-order valence-corrected chi connectivity index (χ0v) is 10.9. The van der Waals surface area contributed by atoms with Gasteiger partial charge in [-0.1, -0.05) is 18.7 Å². The van der Waals surface area contributed by atoms with Gasteiger partial charge in [-0.25, -0.2) is 0 Å². The van der Waals surface area contributed by atoms with Crippen LogP contribution in [0.2, 0.25) is 0 Å². The molecule has 94 valence electrons. The largest absolute Gasteiger partial charge is 0.469 e. The fourth-order valence-electron chi connectivity index (χ4n) is 1.54. The minimum absolute atomic E-state index is 0.0904. The molecule has 0 aliphatic carbocycles. The molecule has 1 atom stereocenters. The number of carbonyl (C=O) groups excluding carboxylic acids is 2. The maximum absolute atomic E-state index is 11.9. The third kappa shape index (κ3) is 4.26. The molecule has 0 bridgehead atoms. The van der Waals surface area contributed by atoms with E-state index in [1.54, 1.807) is 0 Å². The van der Waals surface area contributed by atoms with Crippen molar-refractivity contribution in [2.45, 2.75) is 25.8 Å². The van der Waals surface area contributed by atoms with Crippen molar-refractivity contribution in [3.63, 3.8) is 0 Å². The van der Waals surface area contributed by atoms with E-state index in [1.807, 2.05) is 36.0 Å². The molecule has 0 saturated carbocycles. The normalized spacial score (nSPS) is 12.1. The van der Waals surface area contributed by atoms with Gasteiger partial charge in [0.1, 0.15) is 6.04 Å². The zero-order chi connectivity index (χ0) is 12.7. The SMILES string of the molecule is CCSC(=O)C(CCC(=O)OC)n1cccc1. The molecule has 0 N–H and O–H groups in total. The van der Waals surface area contributed by atoms with Crippen LogP contribution in [0.1, 0.15) is 25.8 Å². The predicted octanol–water partition coefficient (Wildman–Crippen LogP) is 2.26. The third-order valence-corrected chi connectivity index (χ3v) is 3.24. The summed E-state index contributed by atoms with van der Waals surface area (Å²) >= 11 is 1.29. The van der Waals surface area contributed by atoms with Gasteiger partial charge in [-0.05, 0) is 24.3 Å². The van der Waals surface area contributed by atoms with Crippen molar-refractivity contribution in [2.75, 3.05) is 12.9 Å². The quantitative estimate of drug-likeness (QED) is 0.732. The molecule has 0 saturated heterocycles. The van der Waals surface area contributed by atoms with Gasteiger partial charge in [-0.3, -0.25) is 9.59 Å². The highest BCUT2D eigenvalue weighted by molar-refractivity contribution is 8.13. The summed E-state index contributed by atoms with van der Waals surface area (Å²) < 4.78 is 6.43. The lowest BCUT2D eigenvalue weighted by molar-refractivity contribution is -0.140. The number of methoxy groups -OCH3 is 1. The minimum atomic E-state index is -0.283. The molecular weight excluding hydrogens is 238 g/mol. The Kier molecular flexibility index (Phi) is 5.83. The van der Waals surface area contributed by atoms with Gasteiger partial charge < -0.3 is 9.30 Å². The van der Waals surface area contributed by atoms with Gasteiger partial charge in [-0.2, -0.15) is 0 Å².